The van der Waals surface area contributed by atoms with E-state index in [-0.39, 0.29) is 24.2 Å². The fraction of sp³-hybridized carbons (Fsp3) is 0.882. The number of piperidine rings is 1. The van der Waals surface area contributed by atoms with Gasteiger partial charge in [0.25, 0.3) is 0 Å². The van der Waals surface area contributed by atoms with Gasteiger partial charge in [0, 0.05) is 19.1 Å². The Balaban J connectivity index is 1.91. The zero-order valence-corrected chi connectivity index (χ0v) is 14.3. The first-order valence-electron chi connectivity index (χ1n) is 8.90. The van der Waals surface area contributed by atoms with Crippen molar-refractivity contribution in [2.45, 2.75) is 77.0 Å². The molecule has 1 unspecified atom stereocenters. The molecule has 2 fully saturated rings. The summed E-state index contributed by atoms with van der Waals surface area (Å²) in [5, 5.41) is 12.5. The van der Waals surface area contributed by atoms with Crippen LogP contribution in [-0.2, 0) is 9.53 Å². The molecule has 0 aromatic carbocycles. The molecule has 132 valence electrons. The highest BCUT2D eigenvalue weighted by atomic mass is 16.5. The van der Waals surface area contributed by atoms with Crippen molar-refractivity contribution in [1.82, 2.24) is 10.2 Å². The van der Waals surface area contributed by atoms with E-state index in [0.717, 1.165) is 44.9 Å². The third-order valence-corrected chi connectivity index (χ3v) is 4.71. The molecule has 0 spiro atoms. The number of carbonyl (C=O) groups is 2. The van der Waals surface area contributed by atoms with E-state index in [1.165, 1.54) is 4.90 Å². The summed E-state index contributed by atoms with van der Waals surface area (Å²) in [6.07, 6.45) is 5.84. The molecule has 1 saturated carbocycles. The fourth-order valence-electron chi connectivity index (χ4n) is 3.53. The lowest BCUT2D eigenvalue weighted by molar-refractivity contribution is -0.152. The van der Waals surface area contributed by atoms with Crippen LogP contribution in [0.3, 0.4) is 0 Å². The highest BCUT2D eigenvalue weighted by Crippen LogP contribution is 2.22. The smallest absolute Gasteiger partial charge is 0.407 e. The maximum Gasteiger partial charge on any atom is 0.407 e. The van der Waals surface area contributed by atoms with Crippen molar-refractivity contribution < 1.29 is 19.4 Å². The number of nitrogens with one attached hydrogen (secondary N) is 1. The Labute approximate surface area is 138 Å². The van der Waals surface area contributed by atoms with Gasteiger partial charge in [-0.2, -0.15) is 0 Å². The molecule has 2 rings (SSSR count). The molecule has 0 bridgehead atoms. The molecule has 6 nitrogen and oxygen atoms in total. The van der Waals surface area contributed by atoms with Gasteiger partial charge in [0.15, 0.2) is 0 Å². The number of esters is 1. The molecule has 23 heavy (non-hydrogen) atoms. The van der Waals surface area contributed by atoms with E-state index in [1.54, 1.807) is 0 Å². The number of carboxylic acid groups (broad SMARTS) is 1. The Hall–Kier alpha value is -1.30. The molecule has 0 aromatic rings. The lowest BCUT2D eigenvalue weighted by Gasteiger charge is -2.34. The van der Waals surface area contributed by atoms with Crippen LogP contribution in [0, 0.1) is 5.92 Å². The van der Waals surface area contributed by atoms with Crippen LogP contribution in [0.5, 0.6) is 0 Å². The van der Waals surface area contributed by atoms with Gasteiger partial charge in [0.1, 0.15) is 12.1 Å². The zero-order chi connectivity index (χ0) is 16.8. The third-order valence-electron chi connectivity index (χ3n) is 4.71. The Kier molecular flexibility index (Phi) is 6.69. The van der Waals surface area contributed by atoms with E-state index in [0.29, 0.717) is 19.0 Å². The van der Waals surface area contributed by atoms with Gasteiger partial charge < -0.3 is 14.7 Å². The number of nitrogens with zero attached hydrogens (tertiary/aromatic N) is 1. The summed E-state index contributed by atoms with van der Waals surface area (Å²) in [4.78, 5) is 25.1. The highest BCUT2D eigenvalue weighted by Gasteiger charge is 2.30. The summed E-state index contributed by atoms with van der Waals surface area (Å²) in [5.41, 5.74) is 0. The van der Waals surface area contributed by atoms with Gasteiger partial charge in [0.2, 0.25) is 0 Å². The summed E-state index contributed by atoms with van der Waals surface area (Å²) in [5.74, 6) is 0.209. The molecule has 1 amide bonds. The van der Waals surface area contributed by atoms with Gasteiger partial charge in [-0.25, -0.2) is 4.79 Å². The van der Waals surface area contributed by atoms with E-state index >= 15 is 0 Å². The van der Waals surface area contributed by atoms with Crippen LogP contribution >= 0.6 is 0 Å². The normalized spacial score (nSPS) is 24.0. The number of ether oxygens (including phenoxy) is 1. The highest BCUT2D eigenvalue weighted by molar-refractivity contribution is 5.76. The van der Waals surface area contributed by atoms with Crippen LogP contribution < -0.4 is 5.32 Å². The molecule has 1 aliphatic heterocycles. The maximum absolute atomic E-state index is 12.5. The average molecular weight is 326 g/mol. The van der Waals surface area contributed by atoms with Gasteiger partial charge >= 0.3 is 12.1 Å². The number of hydrogen-bond donors (Lipinski definition) is 2. The Morgan fingerprint density at radius 2 is 1.91 bits per heavy atom. The van der Waals surface area contributed by atoms with Crippen molar-refractivity contribution in [3.05, 3.63) is 0 Å². The summed E-state index contributed by atoms with van der Waals surface area (Å²) >= 11 is 0. The molecule has 2 N–H and O–H groups in total. The van der Waals surface area contributed by atoms with Crippen LogP contribution in [0.1, 0.15) is 58.8 Å². The topological polar surface area (TPSA) is 78.9 Å². The number of hydrogen-bond acceptors (Lipinski definition) is 4. The van der Waals surface area contributed by atoms with Crippen molar-refractivity contribution >= 4 is 12.1 Å². The second kappa shape index (κ2) is 8.52. The van der Waals surface area contributed by atoms with E-state index in [1.807, 2.05) is 0 Å². The van der Waals surface area contributed by atoms with Crippen LogP contribution in [0.15, 0.2) is 0 Å². The van der Waals surface area contributed by atoms with Gasteiger partial charge in [-0.3, -0.25) is 10.1 Å². The fourth-order valence-corrected chi connectivity index (χ4v) is 3.53. The predicted molar refractivity (Wildman–Crippen MR) is 87.3 cm³/mol. The van der Waals surface area contributed by atoms with E-state index < -0.39 is 6.09 Å². The molecule has 2 atom stereocenters. The molecule has 0 aromatic heterocycles. The molecular formula is C17H30N2O4. The van der Waals surface area contributed by atoms with Crippen molar-refractivity contribution in [1.29, 1.82) is 0 Å². The Bertz CT molecular complexity index is 407. The van der Waals surface area contributed by atoms with Crippen LogP contribution in [0.25, 0.3) is 0 Å². The first kappa shape index (κ1) is 18.0. The average Bonchev–Trinajstić information content (AvgIpc) is 2.99. The Morgan fingerprint density at radius 1 is 1.22 bits per heavy atom. The molecule has 0 radical (unpaired) electrons. The first-order chi connectivity index (χ1) is 11.0. The quantitative estimate of drug-likeness (QED) is 0.734. The summed E-state index contributed by atoms with van der Waals surface area (Å²) in [6.45, 7) is 5.19. The predicted octanol–water partition coefficient (Wildman–Crippen LogP) is 2.62. The standard InChI is InChI=1S/C17H30N2O4/c1-12(2)10-15(16(20)23-14-7-3-4-8-14)18-13-6-5-9-19(11-13)17(21)22/h12-15,18H,3-11H2,1-2H3,(H,21,22)/t13?,15-/m0/s1. The van der Waals surface area contributed by atoms with Crippen LogP contribution in [-0.4, -0.2) is 53.3 Å². The number of carbonyl (C=O) groups excluding carboxylic acids is 1. The van der Waals surface area contributed by atoms with Crippen molar-refractivity contribution in [2.24, 2.45) is 5.92 Å². The van der Waals surface area contributed by atoms with Gasteiger partial charge in [-0.15, -0.1) is 0 Å². The van der Waals surface area contributed by atoms with E-state index in [2.05, 4.69) is 19.2 Å². The second-order valence-electron chi connectivity index (χ2n) is 7.26. The van der Waals surface area contributed by atoms with Crippen molar-refractivity contribution in [3.63, 3.8) is 0 Å². The number of rotatable bonds is 6. The Morgan fingerprint density at radius 3 is 2.52 bits per heavy atom. The second-order valence-corrected chi connectivity index (χ2v) is 7.26. The van der Waals surface area contributed by atoms with Crippen molar-refractivity contribution in [3.8, 4) is 0 Å². The SMILES string of the molecule is CC(C)C[C@H](NC1CCCN(C(=O)O)C1)C(=O)OC1CCCC1. The van der Waals surface area contributed by atoms with E-state index in [9.17, 15) is 9.59 Å². The number of amides is 1. The molecule has 6 heteroatoms. The summed E-state index contributed by atoms with van der Waals surface area (Å²) in [7, 11) is 0. The monoisotopic (exact) mass is 326 g/mol. The van der Waals surface area contributed by atoms with Gasteiger partial charge in [-0.05, 0) is 50.9 Å². The minimum atomic E-state index is -0.884. The minimum Gasteiger partial charge on any atom is -0.465 e. The minimum absolute atomic E-state index is 0.0275. The molecule has 1 aliphatic carbocycles. The lowest BCUT2D eigenvalue weighted by Crippen LogP contribution is -2.53. The summed E-state index contributed by atoms with van der Waals surface area (Å²) < 4.78 is 5.66. The first-order valence-corrected chi connectivity index (χ1v) is 8.90. The van der Waals surface area contributed by atoms with Crippen LogP contribution in [0.2, 0.25) is 0 Å². The summed E-state index contributed by atoms with van der Waals surface area (Å²) in [6, 6.07) is -0.311. The van der Waals surface area contributed by atoms with Gasteiger partial charge in [0.05, 0.1) is 0 Å². The largest absolute Gasteiger partial charge is 0.465 e. The third kappa shape index (κ3) is 5.68. The van der Waals surface area contributed by atoms with Crippen molar-refractivity contribution in [2.75, 3.05) is 13.1 Å². The maximum atomic E-state index is 12.5. The van der Waals surface area contributed by atoms with Gasteiger partial charge in [-0.1, -0.05) is 13.8 Å². The van der Waals surface area contributed by atoms with Crippen LogP contribution in [0.4, 0.5) is 4.79 Å². The lowest BCUT2D eigenvalue weighted by atomic mass is 10.00. The molecule has 2 aliphatic rings. The zero-order valence-electron chi connectivity index (χ0n) is 14.3. The molecule has 1 saturated heterocycles. The van der Waals surface area contributed by atoms with E-state index in [4.69, 9.17) is 9.84 Å². The molecular weight excluding hydrogens is 296 g/mol. The number of likely N-dealkylation sites (tertiary alicyclic amines) is 1. The molecule has 1 heterocycles.